The minimum absolute atomic E-state index is 0.0168. The van der Waals surface area contributed by atoms with Crippen molar-refractivity contribution in [1.29, 1.82) is 0 Å². The minimum Gasteiger partial charge on any atom is -0.374 e. The zero-order chi connectivity index (χ0) is 13.9. The SMILES string of the molecule is O=C(CN1C(=O)CNc2ccccc21)Nc1nccs1. The van der Waals surface area contributed by atoms with Crippen molar-refractivity contribution in [2.75, 3.05) is 28.6 Å². The number of amides is 2. The van der Waals surface area contributed by atoms with Crippen molar-refractivity contribution in [2.24, 2.45) is 0 Å². The van der Waals surface area contributed by atoms with Crippen LogP contribution in [0.15, 0.2) is 35.8 Å². The summed E-state index contributed by atoms with van der Waals surface area (Å²) in [5.41, 5.74) is 1.58. The summed E-state index contributed by atoms with van der Waals surface area (Å²) in [6.45, 7) is 0.179. The molecular formula is C13H12N4O2S. The van der Waals surface area contributed by atoms with Gasteiger partial charge in [-0.05, 0) is 12.1 Å². The molecule has 2 aromatic rings. The Labute approximate surface area is 119 Å². The van der Waals surface area contributed by atoms with Gasteiger partial charge >= 0.3 is 0 Å². The Hall–Kier alpha value is -2.41. The predicted octanol–water partition coefficient (Wildman–Crippen LogP) is 1.54. The molecule has 0 fully saturated rings. The highest BCUT2D eigenvalue weighted by molar-refractivity contribution is 7.13. The molecule has 2 N–H and O–H groups in total. The molecule has 7 heteroatoms. The fraction of sp³-hybridized carbons (Fsp3) is 0.154. The number of hydrogen-bond donors (Lipinski definition) is 2. The number of nitrogens with zero attached hydrogens (tertiary/aromatic N) is 2. The van der Waals surface area contributed by atoms with Gasteiger partial charge in [-0.15, -0.1) is 11.3 Å². The third-order valence-corrected chi connectivity index (χ3v) is 3.59. The van der Waals surface area contributed by atoms with E-state index >= 15 is 0 Å². The summed E-state index contributed by atoms with van der Waals surface area (Å²) in [5.74, 6) is -0.386. The largest absolute Gasteiger partial charge is 0.374 e. The van der Waals surface area contributed by atoms with Gasteiger partial charge in [0.15, 0.2) is 5.13 Å². The zero-order valence-electron chi connectivity index (χ0n) is 10.5. The summed E-state index contributed by atoms with van der Waals surface area (Å²) in [4.78, 5) is 29.4. The van der Waals surface area contributed by atoms with Crippen LogP contribution < -0.4 is 15.5 Å². The Morgan fingerprint density at radius 3 is 3.10 bits per heavy atom. The van der Waals surface area contributed by atoms with Gasteiger partial charge in [0.05, 0.1) is 17.9 Å². The molecule has 20 heavy (non-hydrogen) atoms. The molecule has 3 rings (SSSR count). The van der Waals surface area contributed by atoms with E-state index in [1.165, 1.54) is 16.2 Å². The summed E-state index contributed by atoms with van der Waals surface area (Å²) in [7, 11) is 0. The number of fused-ring (bicyclic) bond motifs is 1. The Morgan fingerprint density at radius 2 is 2.30 bits per heavy atom. The van der Waals surface area contributed by atoms with Crippen molar-refractivity contribution in [3.8, 4) is 0 Å². The number of hydrogen-bond acceptors (Lipinski definition) is 5. The second-order valence-corrected chi connectivity index (χ2v) is 5.13. The maximum absolute atomic E-state index is 12.0. The van der Waals surface area contributed by atoms with Gasteiger partial charge < -0.3 is 10.6 Å². The van der Waals surface area contributed by atoms with Crippen molar-refractivity contribution in [3.05, 3.63) is 35.8 Å². The second kappa shape index (κ2) is 5.30. The van der Waals surface area contributed by atoms with Crippen molar-refractivity contribution >= 4 is 39.7 Å². The maximum Gasteiger partial charge on any atom is 0.246 e. The number of para-hydroxylation sites is 2. The Bertz CT molecular complexity index is 642. The zero-order valence-corrected chi connectivity index (χ0v) is 11.3. The predicted molar refractivity (Wildman–Crippen MR) is 78.0 cm³/mol. The van der Waals surface area contributed by atoms with E-state index in [4.69, 9.17) is 0 Å². The molecule has 0 aliphatic carbocycles. The lowest BCUT2D eigenvalue weighted by Gasteiger charge is -2.29. The van der Waals surface area contributed by atoms with Crippen LogP contribution in [0.2, 0.25) is 0 Å². The summed E-state index contributed by atoms with van der Waals surface area (Å²) in [6.07, 6.45) is 1.62. The molecule has 1 aromatic heterocycles. The standard InChI is InChI=1S/C13H12N4O2S/c18-11(16-13-14-5-6-20-13)8-17-10-4-2-1-3-9(10)15-7-12(17)19/h1-6,15H,7-8H2,(H,14,16,18). The van der Waals surface area contributed by atoms with E-state index in [-0.39, 0.29) is 24.9 Å². The van der Waals surface area contributed by atoms with Gasteiger partial charge in [0, 0.05) is 11.6 Å². The molecule has 0 atom stereocenters. The lowest BCUT2D eigenvalue weighted by molar-refractivity contribution is -0.120. The van der Waals surface area contributed by atoms with Crippen molar-refractivity contribution in [1.82, 2.24) is 4.98 Å². The normalized spacial score (nSPS) is 13.6. The highest BCUT2D eigenvalue weighted by Crippen LogP contribution is 2.28. The first-order valence-electron chi connectivity index (χ1n) is 6.06. The quantitative estimate of drug-likeness (QED) is 0.898. The summed E-state index contributed by atoms with van der Waals surface area (Å²) >= 11 is 1.34. The van der Waals surface area contributed by atoms with Crippen LogP contribution in [-0.4, -0.2) is 29.9 Å². The van der Waals surface area contributed by atoms with Crippen LogP contribution in [0.25, 0.3) is 0 Å². The summed E-state index contributed by atoms with van der Waals surface area (Å²) < 4.78 is 0. The first-order valence-corrected chi connectivity index (χ1v) is 6.94. The fourth-order valence-electron chi connectivity index (χ4n) is 2.02. The Morgan fingerprint density at radius 1 is 1.45 bits per heavy atom. The first kappa shape index (κ1) is 12.6. The number of anilines is 3. The third-order valence-electron chi connectivity index (χ3n) is 2.91. The Kier molecular flexibility index (Phi) is 3.34. The van der Waals surface area contributed by atoms with Crippen LogP contribution in [-0.2, 0) is 9.59 Å². The molecule has 0 saturated heterocycles. The topological polar surface area (TPSA) is 74.3 Å². The van der Waals surface area contributed by atoms with Crippen molar-refractivity contribution in [3.63, 3.8) is 0 Å². The fourth-order valence-corrected chi connectivity index (χ4v) is 2.57. The van der Waals surface area contributed by atoms with E-state index in [0.29, 0.717) is 5.13 Å². The first-order chi connectivity index (χ1) is 9.74. The molecule has 2 heterocycles. The Balaban J connectivity index is 1.76. The van der Waals surface area contributed by atoms with Crippen LogP contribution in [0.3, 0.4) is 0 Å². The molecule has 1 aliphatic heterocycles. The van der Waals surface area contributed by atoms with Crippen molar-refractivity contribution < 1.29 is 9.59 Å². The molecule has 0 unspecified atom stereocenters. The summed E-state index contributed by atoms with van der Waals surface area (Å²) in [6, 6.07) is 7.42. The molecule has 0 radical (unpaired) electrons. The molecule has 1 aromatic carbocycles. The van der Waals surface area contributed by atoms with E-state index in [9.17, 15) is 9.59 Å². The molecule has 6 nitrogen and oxygen atoms in total. The number of carbonyl (C=O) groups excluding carboxylic acids is 2. The van der Waals surface area contributed by atoms with Gasteiger partial charge in [0.1, 0.15) is 6.54 Å². The van der Waals surface area contributed by atoms with Gasteiger partial charge in [-0.25, -0.2) is 4.98 Å². The van der Waals surface area contributed by atoms with Crippen LogP contribution in [0.4, 0.5) is 16.5 Å². The van der Waals surface area contributed by atoms with E-state index in [1.807, 2.05) is 24.3 Å². The van der Waals surface area contributed by atoms with E-state index in [2.05, 4.69) is 15.6 Å². The van der Waals surface area contributed by atoms with E-state index in [1.54, 1.807) is 11.6 Å². The smallest absolute Gasteiger partial charge is 0.246 e. The van der Waals surface area contributed by atoms with Gasteiger partial charge in [0.2, 0.25) is 11.8 Å². The van der Waals surface area contributed by atoms with Gasteiger partial charge in [-0.1, -0.05) is 12.1 Å². The maximum atomic E-state index is 12.0. The summed E-state index contributed by atoms with van der Waals surface area (Å²) in [5, 5.41) is 8.01. The van der Waals surface area contributed by atoms with E-state index < -0.39 is 0 Å². The second-order valence-electron chi connectivity index (χ2n) is 4.24. The third kappa shape index (κ3) is 2.48. The number of carbonyl (C=O) groups is 2. The average Bonchev–Trinajstić information content (AvgIpc) is 2.95. The molecular weight excluding hydrogens is 276 g/mol. The van der Waals surface area contributed by atoms with Crippen molar-refractivity contribution in [2.45, 2.75) is 0 Å². The molecule has 102 valence electrons. The van der Waals surface area contributed by atoms with Gasteiger partial charge in [-0.3, -0.25) is 14.5 Å². The minimum atomic E-state index is -0.259. The highest BCUT2D eigenvalue weighted by Gasteiger charge is 2.25. The molecule has 1 aliphatic rings. The van der Waals surface area contributed by atoms with Crippen LogP contribution >= 0.6 is 11.3 Å². The molecule has 2 amide bonds. The number of benzene rings is 1. The lowest BCUT2D eigenvalue weighted by Crippen LogP contribution is -2.44. The monoisotopic (exact) mass is 288 g/mol. The average molecular weight is 288 g/mol. The number of rotatable bonds is 3. The highest BCUT2D eigenvalue weighted by atomic mass is 32.1. The van der Waals surface area contributed by atoms with Crippen LogP contribution in [0, 0.1) is 0 Å². The number of nitrogens with one attached hydrogen (secondary N) is 2. The van der Waals surface area contributed by atoms with E-state index in [0.717, 1.165) is 11.4 Å². The lowest BCUT2D eigenvalue weighted by atomic mass is 10.2. The van der Waals surface area contributed by atoms with Crippen LogP contribution in [0.5, 0.6) is 0 Å². The number of thiazole rings is 1. The van der Waals surface area contributed by atoms with Crippen LogP contribution in [0.1, 0.15) is 0 Å². The molecule has 0 saturated carbocycles. The van der Waals surface area contributed by atoms with Gasteiger partial charge in [0.25, 0.3) is 0 Å². The molecule has 0 bridgehead atoms. The molecule has 0 spiro atoms. The number of aromatic nitrogens is 1. The van der Waals surface area contributed by atoms with Gasteiger partial charge in [-0.2, -0.15) is 0 Å².